The van der Waals surface area contributed by atoms with Crippen molar-refractivity contribution in [3.8, 4) is 0 Å². The number of thioether (sulfide) groups is 2. The largest absolute Gasteiger partial charge is 0.468 e. The van der Waals surface area contributed by atoms with Crippen molar-refractivity contribution in [2.24, 2.45) is 0 Å². The molecular weight excluding hydrogens is 282 g/mol. The number of esters is 1. The van der Waals surface area contributed by atoms with E-state index in [0.717, 1.165) is 29.9 Å². The molecule has 19 heavy (non-hydrogen) atoms. The summed E-state index contributed by atoms with van der Waals surface area (Å²) in [7, 11) is 1.37. The van der Waals surface area contributed by atoms with E-state index >= 15 is 0 Å². The average Bonchev–Trinajstić information content (AvgIpc) is 2.44. The summed E-state index contributed by atoms with van der Waals surface area (Å²) < 4.78 is 4.60. The molecule has 2 rings (SSSR count). The summed E-state index contributed by atoms with van der Waals surface area (Å²) in [5, 5.41) is 2.11. The van der Waals surface area contributed by atoms with Gasteiger partial charge >= 0.3 is 5.97 Å². The van der Waals surface area contributed by atoms with Crippen LogP contribution in [0.15, 0.2) is 10.2 Å². The van der Waals surface area contributed by atoms with E-state index in [1.807, 2.05) is 0 Å². The van der Waals surface area contributed by atoms with Gasteiger partial charge in [-0.3, -0.25) is 4.79 Å². The molecule has 1 unspecified atom stereocenters. The number of carbonyl (C=O) groups is 1. The maximum atomic E-state index is 11.1. The van der Waals surface area contributed by atoms with Gasteiger partial charge < -0.3 is 10.5 Å². The fourth-order valence-corrected chi connectivity index (χ4v) is 3.80. The van der Waals surface area contributed by atoms with Crippen LogP contribution in [0.4, 0.5) is 5.82 Å². The summed E-state index contributed by atoms with van der Waals surface area (Å²) in [6, 6.07) is 0. The van der Waals surface area contributed by atoms with E-state index < -0.39 is 0 Å². The lowest BCUT2D eigenvalue weighted by atomic mass is 10.1. The van der Waals surface area contributed by atoms with E-state index in [1.54, 1.807) is 11.8 Å². The van der Waals surface area contributed by atoms with Gasteiger partial charge in [0.25, 0.3) is 0 Å². The minimum absolute atomic E-state index is 0.205. The Balaban J connectivity index is 2.15. The molecule has 2 N–H and O–H groups in total. The predicted molar refractivity (Wildman–Crippen MR) is 77.4 cm³/mol. The summed E-state index contributed by atoms with van der Waals surface area (Å²) in [4.78, 5) is 19.9. The van der Waals surface area contributed by atoms with Crippen molar-refractivity contribution in [3.63, 3.8) is 0 Å². The molecule has 0 fully saturated rings. The molecular formula is C12H17N3O2S2. The third kappa shape index (κ3) is 3.54. The Morgan fingerprint density at radius 1 is 1.58 bits per heavy atom. The number of carbonyl (C=O) groups excluding carboxylic acids is 1. The Morgan fingerprint density at radius 3 is 3.05 bits per heavy atom. The first-order valence-corrected chi connectivity index (χ1v) is 8.03. The Labute approximate surface area is 121 Å². The van der Waals surface area contributed by atoms with Crippen molar-refractivity contribution in [1.29, 1.82) is 0 Å². The number of hydrogen-bond donors (Lipinski definition) is 1. The van der Waals surface area contributed by atoms with Gasteiger partial charge in [0.15, 0.2) is 5.16 Å². The minimum atomic E-state index is -0.288. The van der Waals surface area contributed by atoms with Crippen LogP contribution in [-0.4, -0.2) is 34.0 Å². The number of nitrogen functional groups attached to an aromatic ring is 1. The third-order valence-electron chi connectivity index (χ3n) is 2.98. The molecule has 1 aromatic heterocycles. The summed E-state index contributed by atoms with van der Waals surface area (Å²) in [5.41, 5.74) is 7.03. The van der Waals surface area contributed by atoms with Gasteiger partial charge in [0.1, 0.15) is 10.8 Å². The molecule has 0 aromatic carbocycles. The zero-order valence-electron chi connectivity index (χ0n) is 11.0. The number of methoxy groups -OCH3 is 1. The minimum Gasteiger partial charge on any atom is -0.468 e. The smallest absolute Gasteiger partial charge is 0.316 e. The molecule has 2 heterocycles. The van der Waals surface area contributed by atoms with Gasteiger partial charge in [-0.2, -0.15) is 0 Å². The van der Waals surface area contributed by atoms with Gasteiger partial charge in [0.2, 0.25) is 0 Å². The Hall–Kier alpha value is -0.950. The second kappa shape index (κ2) is 6.47. The quantitative estimate of drug-likeness (QED) is 0.395. The lowest BCUT2D eigenvalue weighted by Gasteiger charge is -2.23. The fraction of sp³-hybridized carbons (Fsp3) is 0.583. The van der Waals surface area contributed by atoms with Crippen LogP contribution in [0.2, 0.25) is 0 Å². The Bertz CT molecular complexity index is 482. The van der Waals surface area contributed by atoms with Crippen molar-refractivity contribution in [3.05, 3.63) is 5.56 Å². The average molecular weight is 299 g/mol. The number of anilines is 1. The van der Waals surface area contributed by atoms with Gasteiger partial charge in [-0.1, -0.05) is 18.7 Å². The van der Waals surface area contributed by atoms with Gasteiger partial charge in [-0.15, -0.1) is 11.8 Å². The zero-order chi connectivity index (χ0) is 13.8. The van der Waals surface area contributed by atoms with Crippen LogP contribution in [0.25, 0.3) is 0 Å². The molecule has 104 valence electrons. The Morgan fingerprint density at radius 2 is 2.37 bits per heavy atom. The lowest BCUT2D eigenvalue weighted by Crippen LogP contribution is -2.15. The van der Waals surface area contributed by atoms with E-state index in [2.05, 4.69) is 21.6 Å². The van der Waals surface area contributed by atoms with Crippen LogP contribution in [0.1, 0.15) is 25.3 Å². The number of aromatic nitrogens is 2. The molecule has 0 bridgehead atoms. The molecule has 1 aliphatic heterocycles. The topological polar surface area (TPSA) is 78.1 Å². The molecule has 1 aromatic rings. The van der Waals surface area contributed by atoms with E-state index in [4.69, 9.17) is 5.73 Å². The van der Waals surface area contributed by atoms with E-state index in [0.29, 0.717) is 16.2 Å². The standard InChI is InChI=1S/C12H17N3O2S2/c1-3-7-4-5-8-10(13)14-12(15-11(8)19-7)18-6-9(16)17-2/h7H,3-6H2,1-2H3,(H2,13,14,15). The normalized spacial score (nSPS) is 17.9. The first-order chi connectivity index (χ1) is 9.13. The molecule has 1 atom stereocenters. The molecule has 0 amide bonds. The SMILES string of the molecule is CCC1CCc2c(N)nc(SCC(=O)OC)nc2S1. The first-order valence-electron chi connectivity index (χ1n) is 6.16. The number of rotatable bonds is 4. The predicted octanol–water partition coefficient (Wildman–Crippen LogP) is 2.14. The van der Waals surface area contributed by atoms with E-state index in [1.165, 1.54) is 18.9 Å². The van der Waals surface area contributed by atoms with Gasteiger partial charge in [0, 0.05) is 10.8 Å². The maximum absolute atomic E-state index is 11.1. The van der Waals surface area contributed by atoms with Crippen LogP contribution < -0.4 is 5.73 Å². The maximum Gasteiger partial charge on any atom is 0.316 e. The van der Waals surface area contributed by atoms with Gasteiger partial charge in [-0.25, -0.2) is 9.97 Å². The summed E-state index contributed by atoms with van der Waals surface area (Å²) >= 11 is 3.02. The van der Waals surface area contributed by atoms with Gasteiger partial charge in [-0.05, 0) is 19.3 Å². The molecule has 7 heteroatoms. The second-order valence-corrected chi connectivity index (χ2v) is 6.46. The van der Waals surface area contributed by atoms with Crippen molar-refractivity contribution in [2.45, 2.75) is 41.6 Å². The number of hydrogen-bond acceptors (Lipinski definition) is 7. The zero-order valence-corrected chi connectivity index (χ0v) is 12.6. The highest BCUT2D eigenvalue weighted by Gasteiger charge is 2.23. The number of nitrogens with two attached hydrogens (primary N) is 1. The number of nitrogens with zero attached hydrogens (tertiary/aromatic N) is 2. The van der Waals surface area contributed by atoms with Crippen LogP contribution >= 0.6 is 23.5 Å². The molecule has 5 nitrogen and oxygen atoms in total. The van der Waals surface area contributed by atoms with Crippen molar-refractivity contribution >= 4 is 35.3 Å². The van der Waals surface area contributed by atoms with E-state index in [-0.39, 0.29) is 11.7 Å². The highest BCUT2D eigenvalue weighted by molar-refractivity contribution is 8.00. The lowest BCUT2D eigenvalue weighted by molar-refractivity contribution is -0.137. The summed E-state index contributed by atoms with van der Waals surface area (Å²) in [6.45, 7) is 2.18. The van der Waals surface area contributed by atoms with Crippen LogP contribution in [0, 0.1) is 0 Å². The van der Waals surface area contributed by atoms with Crippen LogP contribution in [-0.2, 0) is 16.0 Å². The fourth-order valence-electron chi connectivity index (χ4n) is 1.85. The first kappa shape index (κ1) is 14.5. The monoisotopic (exact) mass is 299 g/mol. The molecule has 1 aliphatic rings. The van der Waals surface area contributed by atoms with Crippen LogP contribution in [0.5, 0.6) is 0 Å². The number of fused-ring (bicyclic) bond motifs is 1. The van der Waals surface area contributed by atoms with Crippen molar-refractivity contribution < 1.29 is 9.53 Å². The molecule has 0 saturated carbocycles. The summed E-state index contributed by atoms with van der Waals surface area (Å²) in [6.07, 6.45) is 3.18. The second-order valence-electron chi connectivity index (χ2n) is 4.23. The summed E-state index contributed by atoms with van der Waals surface area (Å²) in [5.74, 6) is 0.458. The highest BCUT2D eigenvalue weighted by Crippen LogP contribution is 2.38. The molecule has 0 spiro atoms. The highest BCUT2D eigenvalue weighted by atomic mass is 32.2. The van der Waals surface area contributed by atoms with Crippen molar-refractivity contribution in [2.75, 3.05) is 18.6 Å². The molecule has 0 saturated heterocycles. The van der Waals surface area contributed by atoms with E-state index in [9.17, 15) is 4.79 Å². The van der Waals surface area contributed by atoms with Crippen LogP contribution in [0.3, 0.4) is 0 Å². The molecule has 0 aliphatic carbocycles. The third-order valence-corrected chi connectivity index (χ3v) is 5.26. The number of ether oxygens (including phenoxy) is 1. The van der Waals surface area contributed by atoms with Crippen molar-refractivity contribution in [1.82, 2.24) is 9.97 Å². The Kier molecular flexibility index (Phi) is 4.93. The van der Waals surface area contributed by atoms with Gasteiger partial charge in [0.05, 0.1) is 12.9 Å². The molecule has 0 radical (unpaired) electrons.